The van der Waals surface area contributed by atoms with Gasteiger partial charge < -0.3 is 25.5 Å². The topological polar surface area (TPSA) is 139 Å². The molecule has 0 aliphatic rings. The molecule has 0 aromatic heterocycles. The predicted octanol–water partition coefficient (Wildman–Crippen LogP) is -0.216. The minimum Gasteiger partial charge on any atom is -0.481 e. The van der Waals surface area contributed by atoms with E-state index in [0.717, 1.165) is 0 Å². The minimum atomic E-state index is -1.08. The SMILES string of the molecule is C=C(C)C.O=C(O)CCC(=O)O.OCCN(CCO)CCO. The lowest BCUT2D eigenvalue weighted by atomic mass is 10.3. The van der Waals surface area contributed by atoms with Crippen LogP contribution in [0.15, 0.2) is 12.2 Å². The molecule has 0 aliphatic heterocycles. The van der Waals surface area contributed by atoms with Gasteiger partial charge in [0.15, 0.2) is 0 Å². The molecular formula is C14H29NO7. The van der Waals surface area contributed by atoms with E-state index < -0.39 is 11.9 Å². The van der Waals surface area contributed by atoms with E-state index in [9.17, 15) is 9.59 Å². The Morgan fingerprint density at radius 2 is 1.05 bits per heavy atom. The van der Waals surface area contributed by atoms with Gasteiger partial charge in [-0.25, -0.2) is 0 Å². The van der Waals surface area contributed by atoms with Gasteiger partial charge in [-0.3, -0.25) is 14.5 Å². The van der Waals surface area contributed by atoms with Crippen LogP contribution in [0.3, 0.4) is 0 Å². The maximum atomic E-state index is 9.64. The lowest BCUT2D eigenvalue weighted by Gasteiger charge is -2.17. The highest BCUT2D eigenvalue weighted by Crippen LogP contribution is 1.86. The van der Waals surface area contributed by atoms with E-state index in [2.05, 4.69) is 6.58 Å². The van der Waals surface area contributed by atoms with Crippen LogP contribution in [0.2, 0.25) is 0 Å². The molecule has 0 aliphatic carbocycles. The second-order valence-electron chi connectivity index (χ2n) is 4.51. The molecule has 0 fully saturated rings. The van der Waals surface area contributed by atoms with Gasteiger partial charge in [0.05, 0.1) is 32.7 Å². The highest BCUT2D eigenvalue weighted by atomic mass is 16.4. The number of allylic oxidation sites excluding steroid dienone is 1. The van der Waals surface area contributed by atoms with Gasteiger partial charge in [-0.2, -0.15) is 0 Å². The summed E-state index contributed by atoms with van der Waals surface area (Å²) in [7, 11) is 0. The molecule has 0 rings (SSSR count). The molecule has 0 atom stereocenters. The zero-order chi connectivity index (χ0) is 18.0. The van der Waals surface area contributed by atoms with E-state index in [1.54, 1.807) is 4.90 Å². The number of rotatable bonds is 9. The zero-order valence-electron chi connectivity index (χ0n) is 13.4. The number of aliphatic carboxylic acids is 2. The third-order valence-corrected chi connectivity index (χ3v) is 1.80. The zero-order valence-corrected chi connectivity index (χ0v) is 13.4. The van der Waals surface area contributed by atoms with E-state index >= 15 is 0 Å². The van der Waals surface area contributed by atoms with Crippen molar-refractivity contribution >= 4 is 11.9 Å². The number of carbonyl (C=O) groups is 2. The Morgan fingerprint density at radius 1 is 0.818 bits per heavy atom. The average molecular weight is 323 g/mol. The molecular weight excluding hydrogens is 294 g/mol. The number of hydrogen-bond acceptors (Lipinski definition) is 6. The molecule has 0 aromatic rings. The lowest BCUT2D eigenvalue weighted by Crippen LogP contribution is -2.32. The summed E-state index contributed by atoms with van der Waals surface area (Å²) >= 11 is 0. The predicted molar refractivity (Wildman–Crippen MR) is 82.7 cm³/mol. The van der Waals surface area contributed by atoms with Crippen molar-refractivity contribution in [3.63, 3.8) is 0 Å². The summed E-state index contributed by atoms with van der Waals surface area (Å²) in [6.07, 6.45) is -0.593. The normalized spacial score (nSPS) is 9.18. The molecule has 0 amide bonds. The van der Waals surface area contributed by atoms with E-state index in [-0.39, 0.29) is 32.7 Å². The number of carboxylic acid groups (broad SMARTS) is 2. The standard InChI is InChI=1S/C6H15NO3.C4H6O4.C4H8/c8-4-1-7(2-5-9)3-6-10;5-3(6)1-2-4(7)8;1-4(2)3/h8-10H,1-6H2;1-2H2,(H,5,6)(H,7,8);1H2,2-3H3. The van der Waals surface area contributed by atoms with Crippen LogP contribution < -0.4 is 0 Å². The number of carboxylic acids is 2. The lowest BCUT2D eigenvalue weighted by molar-refractivity contribution is -0.143. The van der Waals surface area contributed by atoms with E-state index in [1.165, 1.54) is 5.57 Å². The molecule has 0 unspecified atom stereocenters. The summed E-state index contributed by atoms with van der Waals surface area (Å²) in [4.78, 5) is 21.1. The smallest absolute Gasteiger partial charge is 0.303 e. The molecule has 8 nitrogen and oxygen atoms in total. The first-order chi connectivity index (χ1) is 10.2. The van der Waals surface area contributed by atoms with Crippen molar-refractivity contribution in [1.82, 2.24) is 4.90 Å². The van der Waals surface area contributed by atoms with Crippen LogP contribution >= 0.6 is 0 Å². The Kier molecular flexibility index (Phi) is 22.6. The average Bonchev–Trinajstić information content (AvgIpc) is 2.37. The van der Waals surface area contributed by atoms with Crippen LogP contribution in [0.4, 0.5) is 0 Å². The van der Waals surface area contributed by atoms with Crippen molar-refractivity contribution in [2.75, 3.05) is 39.5 Å². The van der Waals surface area contributed by atoms with Crippen LogP contribution in [0.5, 0.6) is 0 Å². The fraction of sp³-hybridized carbons (Fsp3) is 0.714. The highest BCUT2D eigenvalue weighted by Gasteiger charge is 2.00. The Hall–Kier alpha value is -1.48. The number of aliphatic hydroxyl groups is 3. The van der Waals surface area contributed by atoms with Crippen LogP contribution in [-0.2, 0) is 9.59 Å². The molecule has 132 valence electrons. The van der Waals surface area contributed by atoms with Crippen molar-refractivity contribution in [3.05, 3.63) is 12.2 Å². The Morgan fingerprint density at radius 3 is 1.18 bits per heavy atom. The highest BCUT2D eigenvalue weighted by molar-refractivity contribution is 5.75. The summed E-state index contributed by atoms with van der Waals surface area (Å²) in [5.41, 5.74) is 1.17. The van der Waals surface area contributed by atoms with Gasteiger partial charge in [0, 0.05) is 19.6 Å². The van der Waals surface area contributed by atoms with E-state index in [1.807, 2.05) is 13.8 Å². The summed E-state index contributed by atoms with van der Waals surface area (Å²) in [6.45, 7) is 9.25. The summed E-state index contributed by atoms with van der Waals surface area (Å²) < 4.78 is 0. The number of aliphatic hydroxyl groups excluding tert-OH is 3. The molecule has 22 heavy (non-hydrogen) atoms. The van der Waals surface area contributed by atoms with Crippen molar-refractivity contribution in [3.8, 4) is 0 Å². The molecule has 0 saturated heterocycles. The second-order valence-corrected chi connectivity index (χ2v) is 4.51. The molecule has 0 spiro atoms. The largest absolute Gasteiger partial charge is 0.481 e. The van der Waals surface area contributed by atoms with E-state index in [4.69, 9.17) is 25.5 Å². The van der Waals surface area contributed by atoms with Gasteiger partial charge in [-0.15, -0.1) is 6.58 Å². The quantitative estimate of drug-likeness (QED) is 0.367. The Balaban J connectivity index is -0.000000269. The van der Waals surface area contributed by atoms with Gasteiger partial charge in [0.2, 0.25) is 0 Å². The molecule has 5 N–H and O–H groups in total. The Labute approximate surface area is 131 Å². The first-order valence-corrected chi connectivity index (χ1v) is 6.81. The van der Waals surface area contributed by atoms with Gasteiger partial charge in [0.25, 0.3) is 0 Å². The first-order valence-electron chi connectivity index (χ1n) is 6.81. The molecule has 0 bridgehead atoms. The third kappa shape index (κ3) is 36.3. The van der Waals surface area contributed by atoms with Crippen molar-refractivity contribution in [2.24, 2.45) is 0 Å². The van der Waals surface area contributed by atoms with Crippen molar-refractivity contribution in [1.29, 1.82) is 0 Å². The van der Waals surface area contributed by atoms with Crippen LogP contribution in [0, 0.1) is 0 Å². The summed E-state index contributed by atoms with van der Waals surface area (Å²) in [6, 6.07) is 0. The summed E-state index contributed by atoms with van der Waals surface area (Å²) in [5.74, 6) is -2.15. The number of nitrogens with zero attached hydrogens (tertiary/aromatic N) is 1. The number of hydrogen-bond donors (Lipinski definition) is 5. The van der Waals surface area contributed by atoms with E-state index in [0.29, 0.717) is 19.6 Å². The third-order valence-electron chi connectivity index (χ3n) is 1.80. The van der Waals surface area contributed by atoms with Gasteiger partial charge in [0.1, 0.15) is 0 Å². The maximum Gasteiger partial charge on any atom is 0.303 e. The fourth-order valence-electron chi connectivity index (χ4n) is 0.974. The summed E-state index contributed by atoms with van der Waals surface area (Å²) in [5, 5.41) is 41.3. The molecule has 0 heterocycles. The van der Waals surface area contributed by atoms with Crippen LogP contribution in [0.1, 0.15) is 26.7 Å². The second kappa shape index (κ2) is 19.5. The monoisotopic (exact) mass is 323 g/mol. The first kappa shape index (κ1) is 25.5. The fourth-order valence-corrected chi connectivity index (χ4v) is 0.974. The van der Waals surface area contributed by atoms with Crippen LogP contribution in [-0.4, -0.2) is 81.8 Å². The Bertz CT molecular complexity index is 263. The van der Waals surface area contributed by atoms with Crippen molar-refractivity contribution < 1.29 is 35.1 Å². The molecule has 8 heteroatoms. The maximum absolute atomic E-state index is 9.64. The minimum absolute atomic E-state index is 0.0694. The molecule has 0 aromatic carbocycles. The molecule has 0 radical (unpaired) electrons. The molecule has 0 saturated carbocycles. The van der Waals surface area contributed by atoms with Gasteiger partial charge in [-0.05, 0) is 13.8 Å². The van der Waals surface area contributed by atoms with Gasteiger partial charge >= 0.3 is 11.9 Å². The van der Waals surface area contributed by atoms with Crippen molar-refractivity contribution in [2.45, 2.75) is 26.7 Å². The van der Waals surface area contributed by atoms with Gasteiger partial charge in [-0.1, -0.05) is 5.57 Å². The van der Waals surface area contributed by atoms with Crippen LogP contribution in [0.25, 0.3) is 0 Å².